The largest absolute Gasteiger partial charge is 0.494 e. The Balaban J connectivity index is 0.00000249. The summed E-state index contributed by atoms with van der Waals surface area (Å²) in [7, 11) is 0. The minimum Gasteiger partial charge on any atom is -0.494 e. The highest BCUT2D eigenvalue weighted by atomic mass is 16.5. The predicted molar refractivity (Wildman–Crippen MR) is 136 cm³/mol. The molecule has 0 saturated heterocycles. The summed E-state index contributed by atoms with van der Waals surface area (Å²) in [6, 6.07) is 16.9. The van der Waals surface area contributed by atoms with Crippen molar-refractivity contribution in [1.29, 1.82) is 0 Å². The van der Waals surface area contributed by atoms with Gasteiger partial charge in [-0.25, -0.2) is 0 Å². The summed E-state index contributed by atoms with van der Waals surface area (Å²) in [6.45, 7) is 17.8. The minimum atomic E-state index is 0.176. The maximum Gasteiger partial charge on any atom is 0.119 e. The minimum absolute atomic E-state index is 0.176. The first-order chi connectivity index (χ1) is 15.3. The molecule has 1 unspecified atom stereocenters. The van der Waals surface area contributed by atoms with Gasteiger partial charge in [0.15, 0.2) is 0 Å². The first-order valence-electron chi connectivity index (χ1n) is 12.3. The van der Waals surface area contributed by atoms with E-state index >= 15 is 0 Å². The Labute approximate surface area is 197 Å². The van der Waals surface area contributed by atoms with Gasteiger partial charge >= 0.3 is 0 Å². The third kappa shape index (κ3) is 10.7. The van der Waals surface area contributed by atoms with Gasteiger partial charge in [-0.1, -0.05) is 84.9 Å². The van der Waals surface area contributed by atoms with Gasteiger partial charge in [0.25, 0.3) is 0 Å². The molecular weight excluding hydrogens is 396 g/mol. The van der Waals surface area contributed by atoms with Crippen LogP contribution in [-0.2, 0) is 17.8 Å². The van der Waals surface area contributed by atoms with E-state index in [1.165, 1.54) is 17.5 Å². The second kappa shape index (κ2) is 15.1. The van der Waals surface area contributed by atoms with Crippen LogP contribution in [0.3, 0.4) is 0 Å². The number of aliphatic hydroxyl groups excluding tert-OH is 1. The molecule has 0 aliphatic carbocycles. The molecule has 1 atom stereocenters. The SMILES string of the molecule is CC.CC(C)CC(c1ccc(COCCCOc2ccc(CCO)cc2)cc1)C(C)(C)C. The summed E-state index contributed by atoms with van der Waals surface area (Å²) in [6.07, 6.45) is 2.75. The molecular formula is C29H46O3. The van der Waals surface area contributed by atoms with E-state index in [0.717, 1.165) is 17.7 Å². The van der Waals surface area contributed by atoms with E-state index in [1.807, 2.05) is 38.1 Å². The fraction of sp³-hybridized carbons (Fsp3) is 0.586. The predicted octanol–water partition coefficient (Wildman–Crippen LogP) is 7.41. The monoisotopic (exact) mass is 442 g/mol. The summed E-state index contributed by atoms with van der Waals surface area (Å²) < 4.78 is 11.6. The van der Waals surface area contributed by atoms with E-state index < -0.39 is 0 Å². The van der Waals surface area contributed by atoms with Gasteiger partial charge in [-0.05, 0) is 58.9 Å². The van der Waals surface area contributed by atoms with E-state index in [4.69, 9.17) is 14.6 Å². The number of hydrogen-bond acceptors (Lipinski definition) is 3. The van der Waals surface area contributed by atoms with Crippen molar-refractivity contribution in [3.05, 3.63) is 65.2 Å². The zero-order chi connectivity index (χ0) is 24.0. The Morgan fingerprint density at radius 3 is 1.97 bits per heavy atom. The molecule has 0 spiro atoms. The number of rotatable bonds is 12. The van der Waals surface area contributed by atoms with Gasteiger partial charge in [0, 0.05) is 13.0 Å². The number of aliphatic hydroxyl groups is 1. The van der Waals surface area contributed by atoms with Gasteiger partial charge in [0.1, 0.15) is 5.75 Å². The standard InChI is InChI=1S/C27H40O3.C2H6/c1-21(2)19-26(27(3,4)5)24-11-7-23(8-12-24)20-29-17-6-18-30-25-13-9-22(10-14-25)15-16-28;1-2/h7-14,21,26,28H,6,15-20H2,1-5H3;1-2H3. The van der Waals surface area contributed by atoms with Crippen LogP contribution in [0.5, 0.6) is 5.75 Å². The van der Waals surface area contributed by atoms with Crippen LogP contribution in [-0.4, -0.2) is 24.9 Å². The highest BCUT2D eigenvalue weighted by molar-refractivity contribution is 5.28. The van der Waals surface area contributed by atoms with Crippen LogP contribution in [0.15, 0.2) is 48.5 Å². The Hall–Kier alpha value is -1.84. The normalized spacial score (nSPS) is 12.3. The molecule has 2 aromatic rings. The van der Waals surface area contributed by atoms with Gasteiger partial charge in [-0.2, -0.15) is 0 Å². The van der Waals surface area contributed by atoms with Crippen molar-refractivity contribution < 1.29 is 14.6 Å². The molecule has 180 valence electrons. The molecule has 1 N–H and O–H groups in total. The third-order valence-electron chi connectivity index (χ3n) is 5.43. The quantitative estimate of drug-likeness (QED) is 0.348. The number of benzene rings is 2. The highest BCUT2D eigenvalue weighted by Gasteiger charge is 2.26. The molecule has 32 heavy (non-hydrogen) atoms. The molecule has 2 aromatic carbocycles. The Morgan fingerprint density at radius 1 is 0.844 bits per heavy atom. The molecule has 0 heterocycles. The van der Waals surface area contributed by atoms with Gasteiger partial charge in [-0.15, -0.1) is 0 Å². The van der Waals surface area contributed by atoms with Crippen LogP contribution < -0.4 is 4.74 Å². The summed E-state index contributed by atoms with van der Waals surface area (Å²) in [5.41, 5.74) is 4.04. The molecule has 0 aliphatic rings. The van der Waals surface area contributed by atoms with Crippen LogP contribution in [0.1, 0.15) is 83.9 Å². The van der Waals surface area contributed by atoms with Gasteiger partial charge < -0.3 is 14.6 Å². The second-order valence-electron chi connectivity index (χ2n) is 9.66. The highest BCUT2D eigenvalue weighted by Crippen LogP contribution is 2.39. The average molecular weight is 443 g/mol. The molecule has 0 saturated carbocycles. The van der Waals surface area contributed by atoms with Crippen LogP contribution in [0, 0.1) is 11.3 Å². The van der Waals surface area contributed by atoms with E-state index in [1.54, 1.807) is 0 Å². The number of ether oxygens (including phenoxy) is 2. The lowest BCUT2D eigenvalue weighted by molar-refractivity contribution is 0.107. The van der Waals surface area contributed by atoms with Gasteiger partial charge in [0.2, 0.25) is 0 Å². The smallest absolute Gasteiger partial charge is 0.119 e. The average Bonchev–Trinajstić information content (AvgIpc) is 2.77. The fourth-order valence-electron chi connectivity index (χ4n) is 3.73. The zero-order valence-electron chi connectivity index (χ0n) is 21.5. The Morgan fingerprint density at radius 2 is 1.44 bits per heavy atom. The van der Waals surface area contributed by atoms with Crippen LogP contribution in [0.4, 0.5) is 0 Å². The first kappa shape index (κ1) is 28.2. The number of hydrogen-bond donors (Lipinski definition) is 1. The molecule has 2 rings (SSSR count). The molecule has 0 aromatic heterocycles. The van der Waals surface area contributed by atoms with Crippen LogP contribution in [0.2, 0.25) is 0 Å². The molecule has 0 fully saturated rings. The Kier molecular flexibility index (Phi) is 13.3. The topological polar surface area (TPSA) is 38.7 Å². The lowest BCUT2D eigenvalue weighted by Crippen LogP contribution is -2.20. The van der Waals surface area contributed by atoms with Crippen molar-refractivity contribution in [3.8, 4) is 5.75 Å². The van der Waals surface area contributed by atoms with Crippen LogP contribution in [0.25, 0.3) is 0 Å². The molecule has 3 heteroatoms. The lowest BCUT2D eigenvalue weighted by Gasteiger charge is -2.32. The van der Waals surface area contributed by atoms with Crippen LogP contribution >= 0.6 is 0 Å². The summed E-state index contributed by atoms with van der Waals surface area (Å²) in [4.78, 5) is 0. The van der Waals surface area contributed by atoms with E-state index in [9.17, 15) is 0 Å². The Bertz CT molecular complexity index is 712. The first-order valence-corrected chi connectivity index (χ1v) is 12.3. The maximum absolute atomic E-state index is 8.95. The zero-order valence-corrected chi connectivity index (χ0v) is 21.5. The summed E-state index contributed by atoms with van der Waals surface area (Å²) in [5, 5.41) is 8.95. The third-order valence-corrected chi connectivity index (χ3v) is 5.43. The summed E-state index contributed by atoms with van der Waals surface area (Å²) >= 11 is 0. The maximum atomic E-state index is 8.95. The van der Waals surface area contributed by atoms with E-state index in [2.05, 4.69) is 58.9 Å². The van der Waals surface area contributed by atoms with Crippen molar-refractivity contribution in [1.82, 2.24) is 0 Å². The molecule has 0 aliphatic heterocycles. The van der Waals surface area contributed by atoms with E-state index in [0.29, 0.717) is 38.1 Å². The van der Waals surface area contributed by atoms with Crippen molar-refractivity contribution >= 4 is 0 Å². The molecule has 0 radical (unpaired) electrons. The van der Waals surface area contributed by atoms with E-state index in [-0.39, 0.29) is 12.0 Å². The van der Waals surface area contributed by atoms with Gasteiger partial charge in [-0.3, -0.25) is 0 Å². The summed E-state index contributed by atoms with van der Waals surface area (Å²) in [5.74, 6) is 2.13. The molecule has 0 bridgehead atoms. The van der Waals surface area contributed by atoms with Crippen molar-refractivity contribution in [2.75, 3.05) is 19.8 Å². The van der Waals surface area contributed by atoms with Crippen molar-refractivity contribution in [2.45, 2.75) is 80.3 Å². The van der Waals surface area contributed by atoms with Gasteiger partial charge in [0.05, 0.1) is 19.8 Å². The molecule has 0 amide bonds. The second-order valence-corrected chi connectivity index (χ2v) is 9.66. The molecule has 3 nitrogen and oxygen atoms in total. The van der Waals surface area contributed by atoms with Crippen molar-refractivity contribution in [2.24, 2.45) is 11.3 Å². The van der Waals surface area contributed by atoms with Crippen molar-refractivity contribution in [3.63, 3.8) is 0 Å². The fourth-order valence-corrected chi connectivity index (χ4v) is 3.73. The lowest BCUT2D eigenvalue weighted by atomic mass is 9.72.